The van der Waals surface area contributed by atoms with Gasteiger partial charge in [0.25, 0.3) is 0 Å². The molecule has 1 aromatic carbocycles. The van der Waals surface area contributed by atoms with Crippen LogP contribution in [-0.4, -0.2) is 19.7 Å². The van der Waals surface area contributed by atoms with E-state index in [1.807, 2.05) is 0 Å². The Morgan fingerprint density at radius 2 is 2.00 bits per heavy atom. The quantitative estimate of drug-likeness (QED) is 0.808. The SMILES string of the molecule is CS(=O)(=O)c1ccc2cncc(Br)c2c1. The van der Waals surface area contributed by atoms with Gasteiger partial charge < -0.3 is 0 Å². The van der Waals surface area contributed by atoms with Gasteiger partial charge in [-0.3, -0.25) is 4.98 Å². The highest BCUT2D eigenvalue weighted by Crippen LogP contribution is 2.25. The Kier molecular flexibility index (Phi) is 2.52. The summed E-state index contributed by atoms with van der Waals surface area (Å²) in [4.78, 5) is 4.33. The smallest absolute Gasteiger partial charge is 0.175 e. The number of hydrogen-bond donors (Lipinski definition) is 0. The summed E-state index contributed by atoms with van der Waals surface area (Å²) < 4.78 is 23.5. The van der Waals surface area contributed by atoms with E-state index < -0.39 is 9.84 Å². The van der Waals surface area contributed by atoms with Crippen molar-refractivity contribution in [3.8, 4) is 0 Å². The van der Waals surface area contributed by atoms with Gasteiger partial charge in [0.1, 0.15) is 0 Å². The second-order valence-electron chi connectivity index (χ2n) is 3.28. The minimum atomic E-state index is -3.15. The van der Waals surface area contributed by atoms with Crippen LogP contribution in [0.2, 0.25) is 0 Å². The average molecular weight is 286 g/mol. The van der Waals surface area contributed by atoms with Crippen LogP contribution >= 0.6 is 15.9 Å². The van der Waals surface area contributed by atoms with Crippen molar-refractivity contribution in [2.75, 3.05) is 6.26 Å². The Morgan fingerprint density at radius 1 is 1.27 bits per heavy atom. The van der Waals surface area contributed by atoms with E-state index in [0.29, 0.717) is 4.90 Å². The van der Waals surface area contributed by atoms with E-state index in [9.17, 15) is 8.42 Å². The Morgan fingerprint density at radius 3 is 2.67 bits per heavy atom. The lowest BCUT2D eigenvalue weighted by Gasteiger charge is -2.02. The number of hydrogen-bond acceptors (Lipinski definition) is 3. The summed E-state index contributed by atoms with van der Waals surface area (Å²) in [6, 6.07) is 4.99. The van der Waals surface area contributed by atoms with Crippen LogP contribution in [0, 0.1) is 0 Å². The van der Waals surface area contributed by atoms with Gasteiger partial charge in [-0.15, -0.1) is 0 Å². The first-order valence-electron chi connectivity index (χ1n) is 4.22. The first-order chi connectivity index (χ1) is 6.98. The summed E-state index contributed by atoms with van der Waals surface area (Å²) in [6.45, 7) is 0. The fourth-order valence-corrected chi connectivity index (χ4v) is 2.45. The molecule has 0 N–H and O–H groups in total. The fourth-order valence-electron chi connectivity index (χ4n) is 1.34. The minimum Gasteiger partial charge on any atom is -0.263 e. The highest BCUT2D eigenvalue weighted by Gasteiger charge is 2.08. The van der Waals surface area contributed by atoms with Crippen molar-refractivity contribution in [3.63, 3.8) is 0 Å². The first-order valence-corrected chi connectivity index (χ1v) is 6.90. The predicted molar refractivity (Wildman–Crippen MR) is 62.6 cm³/mol. The molecule has 0 aliphatic carbocycles. The predicted octanol–water partition coefficient (Wildman–Crippen LogP) is 2.40. The molecule has 78 valence electrons. The second kappa shape index (κ2) is 3.57. The summed E-state index contributed by atoms with van der Waals surface area (Å²) in [5.41, 5.74) is 0. The molecule has 3 nitrogen and oxygen atoms in total. The Bertz CT molecular complexity index is 622. The molecule has 0 radical (unpaired) electrons. The van der Waals surface area contributed by atoms with Crippen LogP contribution in [0.25, 0.3) is 10.8 Å². The van der Waals surface area contributed by atoms with Gasteiger partial charge in [0, 0.05) is 33.9 Å². The largest absolute Gasteiger partial charge is 0.263 e. The Labute approximate surface area is 96.2 Å². The van der Waals surface area contributed by atoms with Gasteiger partial charge >= 0.3 is 0 Å². The number of benzene rings is 1. The molecular weight excluding hydrogens is 278 g/mol. The molecule has 0 aliphatic rings. The zero-order valence-electron chi connectivity index (χ0n) is 7.94. The highest BCUT2D eigenvalue weighted by molar-refractivity contribution is 9.10. The molecule has 0 bridgehead atoms. The molecule has 2 rings (SSSR count). The van der Waals surface area contributed by atoms with E-state index in [2.05, 4.69) is 20.9 Å². The minimum absolute atomic E-state index is 0.321. The third-order valence-corrected chi connectivity index (χ3v) is 3.85. The number of fused-ring (bicyclic) bond motifs is 1. The molecule has 0 fully saturated rings. The van der Waals surface area contributed by atoms with Gasteiger partial charge in [-0.25, -0.2) is 8.42 Å². The first kappa shape index (κ1) is 10.6. The third-order valence-electron chi connectivity index (χ3n) is 2.11. The lowest BCUT2D eigenvalue weighted by Crippen LogP contribution is -1.96. The molecule has 0 saturated heterocycles. The summed E-state index contributed by atoms with van der Waals surface area (Å²) in [7, 11) is -3.15. The lowest BCUT2D eigenvalue weighted by atomic mass is 10.2. The lowest BCUT2D eigenvalue weighted by molar-refractivity contribution is 0.602. The second-order valence-corrected chi connectivity index (χ2v) is 6.15. The van der Waals surface area contributed by atoms with Crippen molar-refractivity contribution < 1.29 is 8.42 Å². The van der Waals surface area contributed by atoms with Crippen molar-refractivity contribution in [2.24, 2.45) is 0 Å². The van der Waals surface area contributed by atoms with Crippen LogP contribution in [-0.2, 0) is 9.84 Å². The summed E-state index contributed by atoms with van der Waals surface area (Å²) >= 11 is 3.34. The van der Waals surface area contributed by atoms with Crippen LogP contribution in [0.3, 0.4) is 0 Å². The molecule has 0 unspecified atom stereocenters. The van der Waals surface area contributed by atoms with Gasteiger partial charge in [-0.1, -0.05) is 6.07 Å². The van der Waals surface area contributed by atoms with E-state index >= 15 is 0 Å². The Balaban J connectivity index is 2.81. The molecule has 0 aliphatic heterocycles. The van der Waals surface area contributed by atoms with E-state index in [0.717, 1.165) is 15.2 Å². The Hall–Kier alpha value is -0.940. The number of rotatable bonds is 1. The maximum atomic E-state index is 11.4. The number of sulfone groups is 1. The summed E-state index contributed by atoms with van der Waals surface area (Å²) in [5, 5.41) is 1.77. The van der Waals surface area contributed by atoms with Crippen LogP contribution in [0.15, 0.2) is 40.0 Å². The normalized spacial score (nSPS) is 11.9. The fraction of sp³-hybridized carbons (Fsp3) is 0.100. The van der Waals surface area contributed by atoms with Gasteiger partial charge in [0.15, 0.2) is 9.84 Å². The van der Waals surface area contributed by atoms with Crippen molar-refractivity contribution in [3.05, 3.63) is 35.1 Å². The van der Waals surface area contributed by atoms with E-state index in [1.165, 1.54) is 6.26 Å². The zero-order chi connectivity index (χ0) is 11.1. The van der Waals surface area contributed by atoms with Crippen molar-refractivity contribution in [2.45, 2.75) is 4.90 Å². The van der Waals surface area contributed by atoms with Gasteiger partial charge in [0.2, 0.25) is 0 Å². The van der Waals surface area contributed by atoms with Gasteiger partial charge in [-0.05, 0) is 28.1 Å². The highest BCUT2D eigenvalue weighted by atomic mass is 79.9. The molecule has 0 amide bonds. The zero-order valence-corrected chi connectivity index (χ0v) is 10.3. The van der Waals surface area contributed by atoms with E-state index in [1.54, 1.807) is 30.6 Å². The molecular formula is C10H8BrNO2S. The van der Waals surface area contributed by atoms with Crippen molar-refractivity contribution in [1.82, 2.24) is 4.98 Å². The number of aromatic nitrogens is 1. The van der Waals surface area contributed by atoms with Crippen molar-refractivity contribution in [1.29, 1.82) is 0 Å². The van der Waals surface area contributed by atoms with Crippen LogP contribution < -0.4 is 0 Å². The van der Waals surface area contributed by atoms with Crippen molar-refractivity contribution >= 4 is 36.5 Å². The topological polar surface area (TPSA) is 47.0 Å². The molecule has 0 atom stereocenters. The molecule has 1 aromatic heterocycles. The van der Waals surface area contributed by atoms with E-state index in [4.69, 9.17) is 0 Å². The number of halogens is 1. The molecule has 0 spiro atoms. The van der Waals surface area contributed by atoms with Crippen LogP contribution in [0.4, 0.5) is 0 Å². The summed E-state index contributed by atoms with van der Waals surface area (Å²) in [6.07, 6.45) is 4.55. The molecule has 1 heterocycles. The van der Waals surface area contributed by atoms with E-state index in [-0.39, 0.29) is 0 Å². The monoisotopic (exact) mass is 285 g/mol. The maximum Gasteiger partial charge on any atom is 0.175 e. The summed E-state index contributed by atoms with van der Waals surface area (Å²) in [5.74, 6) is 0. The average Bonchev–Trinajstić information content (AvgIpc) is 2.16. The number of nitrogens with zero attached hydrogens (tertiary/aromatic N) is 1. The molecule has 5 heteroatoms. The molecule has 15 heavy (non-hydrogen) atoms. The van der Waals surface area contributed by atoms with Gasteiger partial charge in [-0.2, -0.15) is 0 Å². The maximum absolute atomic E-state index is 11.4. The molecule has 2 aromatic rings. The standard InChI is InChI=1S/C10H8BrNO2S/c1-15(13,14)8-3-2-7-5-12-6-10(11)9(7)4-8/h2-6H,1H3. The van der Waals surface area contributed by atoms with Gasteiger partial charge in [0.05, 0.1) is 4.90 Å². The number of pyridine rings is 1. The molecule has 0 saturated carbocycles. The van der Waals surface area contributed by atoms with Crippen LogP contribution in [0.5, 0.6) is 0 Å². The van der Waals surface area contributed by atoms with Crippen LogP contribution in [0.1, 0.15) is 0 Å². The third kappa shape index (κ3) is 2.03.